The van der Waals surface area contributed by atoms with Gasteiger partial charge in [-0.05, 0) is 31.0 Å². The van der Waals surface area contributed by atoms with Crippen molar-refractivity contribution >= 4 is 16.9 Å². The van der Waals surface area contributed by atoms with Crippen LogP contribution < -0.4 is 10.9 Å². The van der Waals surface area contributed by atoms with Gasteiger partial charge < -0.3 is 9.73 Å². The van der Waals surface area contributed by atoms with Crippen molar-refractivity contribution in [3.05, 3.63) is 81.7 Å². The highest BCUT2D eigenvalue weighted by Crippen LogP contribution is 2.18. The van der Waals surface area contributed by atoms with Gasteiger partial charge in [0.05, 0.1) is 6.04 Å². The first-order chi connectivity index (χ1) is 11.1. The lowest BCUT2D eigenvalue weighted by atomic mass is 10.1. The third-order valence-corrected chi connectivity index (χ3v) is 3.85. The standard InChI is InChI=1S/C19H17NO3/c1-12-7-6-10-15-11-16(19(22)23-17(12)15)18(21)20-13(2)14-8-4-3-5-9-14/h3-11,13H,1-2H3,(H,20,21)/t13-/m0/s1. The van der Waals surface area contributed by atoms with Crippen LogP contribution in [-0.4, -0.2) is 5.91 Å². The number of amides is 1. The van der Waals surface area contributed by atoms with Crippen LogP contribution in [0.25, 0.3) is 11.0 Å². The van der Waals surface area contributed by atoms with Crippen LogP contribution >= 0.6 is 0 Å². The summed E-state index contributed by atoms with van der Waals surface area (Å²) in [6, 6.07) is 16.5. The second-order valence-electron chi connectivity index (χ2n) is 5.55. The highest BCUT2D eigenvalue weighted by molar-refractivity contribution is 5.97. The van der Waals surface area contributed by atoms with Crippen LogP contribution in [0.4, 0.5) is 0 Å². The van der Waals surface area contributed by atoms with Gasteiger partial charge in [-0.3, -0.25) is 4.79 Å². The van der Waals surface area contributed by atoms with Gasteiger partial charge in [0.25, 0.3) is 5.91 Å². The predicted molar refractivity (Wildman–Crippen MR) is 89.5 cm³/mol. The van der Waals surface area contributed by atoms with E-state index < -0.39 is 11.5 Å². The molecule has 0 saturated heterocycles. The summed E-state index contributed by atoms with van der Waals surface area (Å²) in [4.78, 5) is 24.5. The summed E-state index contributed by atoms with van der Waals surface area (Å²) < 4.78 is 5.32. The van der Waals surface area contributed by atoms with Gasteiger partial charge in [0.15, 0.2) is 0 Å². The van der Waals surface area contributed by atoms with E-state index in [1.54, 1.807) is 6.07 Å². The molecule has 1 amide bonds. The molecule has 1 heterocycles. The molecule has 0 spiro atoms. The highest BCUT2D eigenvalue weighted by atomic mass is 16.4. The fraction of sp³-hybridized carbons (Fsp3) is 0.158. The second kappa shape index (κ2) is 6.08. The van der Waals surface area contributed by atoms with Gasteiger partial charge in [0.2, 0.25) is 0 Å². The number of aryl methyl sites for hydroxylation is 1. The summed E-state index contributed by atoms with van der Waals surface area (Å²) in [5, 5.41) is 3.57. The number of nitrogens with one attached hydrogen (secondary N) is 1. The predicted octanol–water partition coefficient (Wildman–Crippen LogP) is 3.59. The first-order valence-corrected chi connectivity index (χ1v) is 7.45. The average Bonchev–Trinajstić information content (AvgIpc) is 2.56. The molecule has 4 heteroatoms. The van der Waals surface area contributed by atoms with Crippen molar-refractivity contribution in [2.75, 3.05) is 0 Å². The Morgan fingerprint density at radius 3 is 2.57 bits per heavy atom. The molecule has 0 aliphatic rings. The van der Waals surface area contributed by atoms with E-state index >= 15 is 0 Å². The maximum Gasteiger partial charge on any atom is 0.349 e. The maximum absolute atomic E-state index is 12.4. The Kier molecular flexibility index (Phi) is 3.98. The molecule has 2 aromatic carbocycles. The van der Waals surface area contributed by atoms with Crippen LogP contribution in [0.5, 0.6) is 0 Å². The Labute approximate surface area is 133 Å². The summed E-state index contributed by atoms with van der Waals surface area (Å²) in [7, 11) is 0. The molecule has 0 aliphatic heterocycles. The summed E-state index contributed by atoms with van der Waals surface area (Å²) >= 11 is 0. The van der Waals surface area contributed by atoms with E-state index in [9.17, 15) is 9.59 Å². The Morgan fingerprint density at radius 2 is 1.83 bits per heavy atom. The van der Waals surface area contributed by atoms with Gasteiger partial charge in [-0.2, -0.15) is 0 Å². The fourth-order valence-corrected chi connectivity index (χ4v) is 2.55. The molecule has 0 radical (unpaired) electrons. The Bertz CT molecular complexity index is 913. The van der Waals surface area contributed by atoms with Crippen LogP contribution in [0.2, 0.25) is 0 Å². The molecule has 0 bridgehead atoms. The van der Waals surface area contributed by atoms with Crippen LogP contribution in [0, 0.1) is 6.92 Å². The van der Waals surface area contributed by atoms with Crippen molar-refractivity contribution in [1.29, 1.82) is 0 Å². The van der Waals surface area contributed by atoms with Crippen molar-refractivity contribution < 1.29 is 9.21 Å². The zero-order chi connectivity index (χ0) is 16.4. The molecule has 4 nitrogen and oxygen atoms in total. The van der Waals surface area contributed by atoms with E-state index in [-0.39, 0.29) is 11.6 Å². The monoisotopic (exact) mass is 307 g/mol. The van der Waals surface area contributed by atoms with E-state index in [2.05, 4.69) is 5.32 Å². The molecule has 0 aliphatic carbocycles. The fourth-order valence-electron chi connectivity index (χ4n) is 2.55. The third kappa shape index (κ3) is 3.01. The topological polar surface area (TPSA) is 59.3 Å². The van der Waals surface area contributed by atoms with Crippen LogP contribution in [0.3, 0.4) is 0 Å². The van der Waals surface area contributed by atoms with E-state index in [0.29, 0.717) is 5.58 Å². The maximum atomic E-state index is 12.4. The summed E-state index contributed by atoms with van der Waals surface area (Å²) in [5.41, 5.74) is 1.76. The normalized spacial score (nSPS) is 12.1. The molecule has 23 heavy (non-hydrogen) atoms. The quantitative estimate of drug-likeness (QED) is 0.752. The minimum Gasteiger partial charge on any atom is -0.422 e. The van der Waals surface area contributed by atoms with Crippen LogP contribution in [0.15, 0.2) is 63.8 Å². The zero-order valence-electron chi connectivity index (χ0n) is 13.0. The number of carbonyl (C=O) groups is 1. The van der Waals surface area contributed by atoms with Crippen molar-refractivity contribution in [1.82, 2.24) is 5.32 Å². The van der Waals surface area contributed by atoms with Crippen LogP contribution in [0.1, 0.15) is 34.5 Å². The Morgan fingerprint density at radius 1 is 1.09 bits per heavy atom. The van der Waals surface area contributed by atoms with Crippen molar-refractivity contribution in [2.24, 2.45) is 0 Å². The largest absolute Gasteiger partial charge is 0.422 e. The number of carbonyl (C=O) groups excluding carboxylic acids is 1. The van der Waals surface area contributed by atoms with E-state index in [4.69, 9.17) is 4.42 Å². The van der Waals surface area contributed by atoms with E-state index in [1.807, 2.05) is 62.4 Å². The summed E-state index contributed by atoms with van der Waals surface area (Å²) in [6.45, 7) is 3.74. The first-order valence-electron chi connectivity index (χ1n) is 7.45. The molecule has 1 N–H and O–H groups in total. The van der Waals surface area contributed by atoms with Gasteiger partial charge >= 0.3 is 5.63 Å². The number of fused-ring (bicyclic) bond motifs is 1. The molecule has 116 valence electrons. The van der Waals surface area contributed by atoms with Crippen molar-refractivity contribution in [3.63, 3.8) is 0 Å². The summed E-state index contributed by atoms with van der Waals surface area (Å²) in [5.74, 6) is -0.432. The van der Waals surface area contributed by atoms with Gasteiger partial charge in [-0.25, -0.2) is 4.79 Å². The molecule has 3 aromatic rings. The number of hydrogen-bond acceptors (Lipinski definition) is 3. The molecule has 1 aromatic heterocycles. The summed E-state index contributed by atoms with van der Waals surface area (Å²) in [6.07, 6.45) is 0. The molecular weight excluding hydrogens is 290 g/mol. The number of rotatable bonds is 3. The van der Waals surface area contributed by atoms with E-state index in [0.717, 1.165) is 16.5 Å². The van der Waals surface area contributed by atoms with Gasteiger partial charge in [-0.15, -0.1) is 0 Å². The van der Waals surface area contributed by atoms with Crippen LogP contribution in [-0.2, 0) is 0 Å². The average molecular weight is 307 g/mol. The third-order valence-electron chi connectivity index (χ3n) is 3.85. The number of para-hydroxylation sites is 1. The minimum atomic E-state index is -0.621. The molecule has 0 fully saturated rings. The van der Waals surface area contributed by atoms with Crippen molar-refractivity contribution in [3.8, 4) is 0 Å². The lowest BCUT2D eigenvalue weighted by Crippen LogP contribution is -2.30. The molecule has 1 atom stereocenters. The van der Waals surface area contributed by atoms with Gasteiger partial charge in [0.1, 0.15) is 11.1 Å². The first kappa shape index (κ1) is 15.0. The smallest absolute Gasteiger partial charge is 0.349 e. The number of benzene rings is 2. The molecular formula is C19H17NO3. The molecule has 0 unspecified atom stereocenters. The van der Waals surface area contributed by atoms with Gasteiger partial charge in [-0.1, -0.05) is 48.5 Å². The number of hydrogen-bond donors (Lipinski definition) is 1. The van der Waals surface area contributed by atoms with Crippen molar-refractivity contribution in [2.45, 2.75) is 19.9 Å². The molecule has 3 rings (SSSR count). The molecule has 0 saturated carbocycles. The van der Waals surface area contributed by atoms with E-state index in [1.165, 1.54) is 0 Å². The zero-order valence-corrected chi connectivity index (χ0v) is 13.0. The Balaban J connectivity index is 1.92. The SMILES string of the molecule is Cc1cccc2cc(C(=O)N[C@@H](C)c3ccccc3)c(=O)oc12. The Hall–Kier alpha value is -2.88. The lowest BCUT2D eigenvalue weighted by molar-refractivity contribution is 0.0936. The minimum absolute atomic E-state index is 0.0193. The second-order valence-corrected chi connectivity index (χ2v) is 5.55. The lowest BCUT2D eigenvalue weighted by Gasteiger charge is -2.14. The highest BCUT2D eigenvalue weighted by Gasteiger charge is 2.17. The van der Waals surface area contributed by atoms with Gasteiger partial charge in [0, 0.05) is 5.39 Å².